The van der Waals surface area contributed by atoms with Gasteiger partial charge >= 0.3 is 6.03 Å². The number of aryl methyl sites for hydroxylation is 1. The molecule has 122 valence electrons. The minimum absolute atomic E-state index is 0.0418. The lowest BCUT2D eigenvalue weighted by Crippen LogP contribution is -2.45. The van der Waals surface area contributed by atoms with Crippen LogP contribution in [0.1, 0.15) is 49.3 Å². The Labute approximate surface area is 136 Å². The largest absolute Gasteiger partial charge is 0.335 e. The van der Waals surface area contributed by atoms with Crippen molar-refractivity contribution in [3.63, 3.8) is 0 Å². The highest BCUT2D eigenvalue weighted by Crippen LogP contribution is 2.41. The van der Waals surface area contributed by atoms with Gasteiger partial charge in [0.2, 0.25) is 5.91 Å². The smallest absolute Gasteiger partial charge is 0.315 e. The van der Waals surface area contributed by atoms with Crippen molar-refractivity contribution >= 4 is 11.9 Å². The molecule has 4 rings (SSSR count). The van der Waals surface area contributed by atoms with E-state index in [2.05, 4.69) is 28.8 Å². The van der Waals surface area contributed by atoms with Crippen LogP contribution in [0, 0.1) is 0 Å². The van der Waals surface area contributed by atoms with Gasteiger partial charge in [-0.05, 0) is 49.7 Å². The van der Waals surface area contributed by atoms with E-state index in [4.69, 9.17) is 0 Å². The summed E-state index contributed by atoms with van der Waals surface area (Å²) in [5, 5.41) is 5.58. The Morgan fingerprint density at radius 2 is 1.87 bits per heavy atom. The predicted octanol–water partition coefficient (Wildman–Crippen LogP) is 2.13. The Hall–Kier alpha value is -2.04. The second-order valence-corrected chi connectivity index (χ2v) is 6.89. The summed E-state index contributed by atoms with van der Waals surface area (Å²) in [5.41, 5.74) is 2.64. The predicted molar refractivity (Wildman–Crippen MR) is 86.9 cm³/mol. The van der Waals surface area contributed by atoms with Gasteiger partial charge in [0.05, 0.1) is 12.6 Å². The van der Waals surface area contributed by atoms with Gasteiger partial charge in [-0.1, -0.05) is 24.3 Å². The van der Waals surface area contributed by atoms with Gasteiger partial charge < -0.3 is 15.5 Å². The molecule has 0 aliphatic heterocycles. The normalized spacial score (nSPS) is 22.3. The monoisotopic (exact) mass is 313 g/mol. The number of nitrogens with zero attached hydrogens (tertiary/aromatic N) is 1. The molecule has 3 aliphatic carbocycles. The summed E-state index contributed by atoms with van der Waals surface area (Å²) in [6.45, 7) is 0.0910. The third kappa shape index (κ3) is 3.19. The first kappa shape index (κ1) is 14.5. The summed E-state index contributed by atoms with van der Waals surface area (Å²) in [5.74, 6) is 0.0418. The summed E-state index contributed by atoms with van der Waals surface area (Å²) in [4.78, 5) is 26.5. The first-order chi connectivity index (χ1) is 11.2. The molecule has 0 unspecified atom stereocenters. The number of hydrogen-bond donors (Lipinski definition) is 2. The van der Waals surface area contributed by atoms with Crippen LogP contribution in [0.4, 0.5) is 4.79 Å². The average Bonchev–Trinajstić information content (AvgIpc) is 3.47. The highest BCUT2D eigenvalue weighted by molar-refractivity contribution is 5.85. The molecule has 0 aromatic heterocycles. The molecule has 0 heterocycles. The number of hydrogen-bond acceptors (Lipinski definition) is 2. The summed E-state index contributed by atoms with van der Waals surface area (Å²) in [6.07, 6.45) is 6.29. The van der Waals surface area contributed by atoms with Gasteiger partial charge in [-0.15, -0.1) is 0 Å². The van der Waals surface area contributed by atoms with Gasteiger partial charge in [-0.2, -0.15) is 0 Å². The summed E-state index contributed by atoms with van der Waals surface area (Å²) in [7, 11) is 0. The number of rotatable bonds is 5. The first-order valence-electron chi connectivity index (χ1n) is 8.65. The van der Waals surface area contributed by atoms with Gasteiger partial charge in [0.1, 0.15) is 0 Å². The van der Waals surface area contributed by atoms with Crippen LogP contribution in [0.3, 0.4) is 0 Å². The van der Waals surface area contributed by atoms with Crippen molar-refractivity contribution in [2.24, 2.45) is 0 Å². The van der Waals surface area contributed by atoms with Crippen LogP contribution in [0.15, 0.2) is 24.3 Å². The molecule has 1 aromatic carbocycles. The second-order valence-electron chi connectivity index (χ2n) is 6.89. The molecule has 2 saturated carbocycles. The zero-order chi connectivity index (χ0) is 15.8. The highest BCUT2D eigenvalue weighted by Gasteiger charge is 2.40. The molecule has 0 saturated heterocycles. The third-order valence-corrected chi connectivity index (χ3v) is 4.98. The average molecular weight is 313 g/mol. The second kappa shape index (κ2) is 5.87. The Kier molecular flexibility index (Phi) is 3.71. The first-order valence-corrected chi connectivity index (χ1v) is 8.65. The number of nitrogens with one attached hydrogen (secondary N) is 2. The molecule has 1 aromatic rings. The van der Waals surface area contributed by atoms with E-state index in [-0.39, 0.29) is 24.5 Å². The molecule has 0 bridgehead atoms. The van der Waals surface area contributed by atoms with Crippen LogP contribution >= 0.6 is 0 Å². The molecule has 2 N–H and O–H groups in total. The van der Waals surface area contributed by atoms with E-state index < -0.39 is 0 Å². The number of carbonyl (C=O) groups is 2. The van der Waals surface area contributed by atoms with Crippen LogP contribution in [-0.4, -0.2) is 35.5 Å². The van der Waals surface area contributed by atoms with Crippen LogP contribution in [-0.2, 0) is 11.2 Å². The lowest BCUT2D eigenvalue weighted by molar-refractivity contribution is -0.133. The molecule has 23 heavy (non-hydrogen) atoms. The molecule has 3 amide bonds. The minimum atomic E-state index is -0.219. The molecule has 0 spiro atoms. The standard InChI is InChI=1S/C18H23N3O2/c22-17(11-19-18(23)20-13-6-7-13)21(14-8-9-14)16-10-5-12-3-1-2-4-15(12)16/h1-4,13-14,16H,5-11H2,(H2,19,20,23)/t16-/m1/s1. The maximum atomic E-state index is 12.7. The van der Waals surface area contributed by atoms with Crippen LogP contribution in [0.5, 0.6) is 0 Å². The lowest BCUT2D eigenvalue weighted by Gasteiger charge is -2.30. The third-order valence-electron chi connectivity index (χ3n) is 4.98. The topological polar surface area (TPSA) is 61.4 Å². The Morgan fingerprint density at radius 1 is 1.09 bits per heavy atom. The van der Waals surface area contributed by atoms with Crippen molar-refractivity contribution in [1.29, 1.82) is 0 Å². The Balaban J connectivity index is 1.41. The fourth-order valence-electron chi connectivity index (χ4n) is 3.52. The lowest BCUT2D eigenvalue weighted by atomic mass is 10.1. The molecule has 5 heteroatoms. The van der Waals surface area contributed by atoms with Gasteiger partial charge in [0.25, 0.3) is 0 Å². The van der Waals surface area contributed by atoms with Crippen molar-refractivity contribution in [1.82, 2.24) is 15.5 Å². The number of carbonyl (C=O) groups excluding carboxylic acids is 2. The number of amides is 3. The number of fused-ring (bicyclic) bond motifs is 1. The van der Waals surface area contributed by atoms with E-state index in [9.17, 15) is 9.59 Å². The summed E-state index contributed by atoms with van der Waals surface area (Å²) >= 11 is 0. The molecule has 3 aliphatic rings. The van der Waals surface area contributed by atoms with Crippen LogP contribution in [0.25, 0.3) is 0 Å². The summed E-state index contributed by atoms with van der Waals surface area (Å²) < 4.78 is 0. The number of benzene rings is 1. The number of urea groups is 1. The van der Waals surface area contributed by atoms with Crippen molar-refractivity contribution in [2.45, 2.75) is 56.7 Å². The molecule has 5 nitrogen and oxygen atoms in total. The van der Waals surface area contributed by atoms with E-state index in [0.29, 0.717) is 12.1 Å². The van der Waals surface area contributed by atoms with E-state index in [1.807, 2.05) is 11.0 Å². The van der Waals surface area contributed by atoms with Crippen molar-refractivity contribution in [2.75, 3.05) is 6.54 Å². The van der Waals surface area contributed by atoms with E-state index in [1.165, 1.54) is 11.1 Å². The van der Waals surface area contributed by atoms with Gasteiger partial charge in [0, 0.05) is 12.1 Å². The van der Waals surface area contributed by atoms with Crippen LogP contribution < -0.4 is 10.6 Å². The molecule has 0 radical (unpaired) electrons. The van der Waals surface area contributed by atoms with Gasteiger partial charge in [-0.3, -0.25) is 4.79 Å². The van der Waals surface area contributed by atoms with Crippen molar-refractivity contribution in [3.8, 4) is 0 Å². The fraction of sp³-hybridized carbons (Fsp3) is 0.556. The zero-order valence-corrected chi connectivity index (χ0v) is 13.3. The van der Waals surface area contributed by atoms with E-state index in [1.54, 1.807) is 0 Å². The van der Waals surface area contributed by atoms with Gasteiger partial charge in [-0.25, -0.2) is 4.79 Å². The highest BCUT2D eigenvalue weighted by atomic mass is 16.2. The fourth-order valence-corrected chi connectivity index (χ4v) is 3.52. The molecule has 1 atom stereocenters. The van der Waals surface area contributed by atoms with Gasteiger partial charge in [0.15, 0.2) is 0 Å². The van der Waals surface area contributed by atoms with Crippen molar-refractivity contribution in [3.05, 3.63) is 35.4 Å². The Morgan fingerprint density at radius 3 is 2.61 bits per heavy atom. The van der Waals surface area contributed by atoms with E-state index >= 15 is 0 Å². The summed E-state index contributed by atoms with van der Waals surface area (Å²) in [6, 6.07) is 9.04. The molecule has 2 fully saturated rings. The quantitative estimate of drug-likeness (QED) is 0.875. The maximum absolute atomic E-state index is 12.7. The minimum Gasteiger partial charge on any atom is -0.335 e. The zero-order valence-electron chi connectivity index (χ0n) is 13.3. The SMILES string of the molecule is O=C(NCC(=O)N(C1CC1)[C@@H]1CCc2ccccc21)NC1CC1. The molecular formula is C18H23N3O2. The van der Waals surface area contributed by atoms with Crippen molar-refractivity contribution < 1.29 is 9.59 Å². The van der Waals surface area contributed by atoms with E-state index in [0.717, 1.165) is 38.5 Å². The molecular weight excluding hydrogens is 290 g/mol. The Bertz CT molecular complexity index is 622. The maximum Gasteiger partial charge on any atom is 0.315 e. The van der Waals surface area contributed by atoms with Crippen LogP contribution in [0.2, 0.25) is 0 Å².